The van der Waals surface area contributed by atoms with E-state index in [4.69, 9.17) is 0 Å². The Kier molecular flexibility index (Phi) is 2.96. The molecule has 0 aromatic heterocycles. The summed E-state index contributed by atoms with van der Waals surface area (Å²) < 4.78 is 0. The van der Waals surface area contributed by atoms with E-state index in [1.807, 2.05) is 0 Å². The van der Waals surface area contributed by atoms with Crippen molar-refractivity contribution in [1.82, 2.24) is 0 Å². The van der Waals surface area contributed by atoms with Crippen LogP contribution in [0.1, 0.15) is 40.0 Å². The number of fused-ring (bicyclic) bond motifs is 2. The third-order valence-corrected chi connectivity index (χ3v) is 4.48. The van der Waals surface area contributed by atoms with Crippen molar-refractivity contribution in [1.29, 1.82) is 0 Å². The summed E-state index contributed by atoms with van der Waals surface area (Å²) in [7, 11) is 0. The van der Waals surface area contributed by atoms with Crippen LogP contribution in [0.2, 0.25) is 0 Å². The third-order valence-electron chi connectivity index (χ3n) is 4.48. The zero-order chi connectivity index (χ0) is 8.28. The minimum absolute atomic E-state index is 0. The van der Waals surface area contributed by atoms with Gasteiger partial charge in [-0.25, -0.2) is 0 Å². The van der Waals surface area contributed by atoms with Gasteiger partial charge in [-0.2, -0.15) is 0 Å². The molecule has 0 amide bonds. The standard InChI is InChI=1S/C10H16O.Eu/c1-9(2)7-4-5-10(9,3)8(11)6-7;/h7H,4-6H2,1-3H3;. The Morgan fingerprint density at radius 2 is 1.92 bits per heavy atom. The molecular weight excluding hydrogens is 288 g/mol. The molecule has 2 fully saturated rings. The molecule has 0 aliphatic heterocycles. The van der Waals surface area contributed by atoms with Gasteiger partial charge < -0.3 is 0 Å². The molecule has 0 saturated heterocycles. The number of carbonyl (C=O) groups excluding carboxylic acids is 1. The molecule has 1 radical (unpaired) electrons. The predicted octanol–water partition coefficient (Wildman–Crippen LogP) is 2.40. The van der Waals surface area contributed by atoms with Gasteiger partial charge in [0.15, 0.2) is 0 Å². The molecule has 0 N–H and O–H groups in total. The molecule has 69 valence electrons. The Morgan fingerprint density at radius 3 is 2.08 bits per heavy atom. The van der Waals surface area contributed by atoms with Gasteiger partial charge in [0, 0.05) is 61.2 Å². The summed E-state index contributed by atoms with van der Waals surface area (Å²) in [5.74, 6) is 1.19. The third kappa shape index (κ3) is 1.14. The predicted molar refractivity (Wildman–Crippen MR) is 44.2 cm³/mol. The first kappa shape index (κ1) is 11.3. The van der Waals surface area contributed by atoms with Gasteiger partial charge in [0.05, 0.1) is 0 Å². The molecule has 2 saturated carbocycles. The van der Waals surface area contributed by atoms with Crippen molar-refractivity contribution in [2.24, 2.45) is 16.7 Å². The fourth-order valence-corrected chi connectivity index (χ4v) is 2.90. The molecule has 2 bridgehead atoms. The van der Waals surface area contributed by atoms with Crippen molar-refractivity contribution in [2.45, 2.75) is 40.0 Å². The van der Waals surface area contributed by atoms with Crippen molar-refractivity contribution in [2.75, 3.05) is 0 Å². The number of rotatable bonds is 0. The minimum atomic E-state index is 0. The second-order valence-electron chi connectivity index (χ2n) is 4.92. The average Bonchev–Trinajstić information content (AvgIpc) is 2.20. The number of carbonyl (C=O) groups is 1. The van der Waals surface area contributed by atoms with Gasteiger partial charge in [0.2, 0.25) is 0 Å². The van der Waals surface area contributed by atoms with E-state index in [1.54, 1.807) is 0 Å². The number of hydrogen-bond acceptors (Lipinski definition) is 1. The molecule has 0 spiro atoms. The van der Waals surface area contributed by atoms with Gasteiger partial charge in [-0.05, 0) is 24.2 Å². The second kappa shape index (κ2) is 3.13. The van der Waals surface area contributed by atoms with E-state index in [9.17, 15) is 4.79 Å². The normalized spacial score (nSPS) is 42.9. The molecule has 2 rings (SSSR count). The van der Waals surface area contributed by atoms with Gasteiger partial charge in [-0.1, -0.05) is 20.8 Å². The fraction of sp³-hybridized carbons (Fsp3) is 0.900. The Hall–Kier alpha value is 1.25. The topological polar surface area (TPSA) is 17.1 Å². The number of hydrogen-bond donors (Lipinski definition) is 0. The van der Waals surface area contributed by atoms with Crippen molar-refractivity contribution in [3.05, 3.63) is 0 Å². The largest absolute Gasteiger partial charge is 0.299 e. The molecular formula is C10H16EuO. The molecule has 2 aliphatic carbocycles. The molecule has 1 nitrogen and oxygen atoms in total. The Balaban J connectivity index is 0.000000720. The van der Waals surface area contributed by atoms with E-state index in [-0.39, 0.29) is 60.2 Å². The van der Waals surface area contributed by atoms with Crippen LogP contribution in [0.25, 0.3) is 0 Å². The van der Waals surface area contributed by atoms with E-state index in [2.05, 4.69) is 20.8 Å². The van der Waals surface area contributed by atoms with Crippen molar-refractivity contribution in [3.8, 4) is 0 Å². The summed E-state index contributed by atoms with van der Waals surface area (Å²) in [5, 5.41) is 0. The first-order valence-electron chi connectivity index (χ1n) is 4.52. The maximum atomic E-state index is 11.6. The smallest absolute Gasteiger partial charge is 0.139 e. The molecule has 0 heterocycles. The summed E-state index contributed by atoms with van der Waals surface area (Å²) in [5.41, 5.74) is 0.307. The van der Waals surface area contributed by atoms with E-state index in [0.717, 1.165) is 12.8 Å². The summed E-state index contributed by atoms with van der Waals surface area (Å²) in [6.07, 6.45) is 3.25. The summed E-state index contributed by atoms with van der Waals surface area (Å²) in [6, 6.07) is 0. The molecule has 12 heavy (non-hydrogen) atoms. The van der Waals surface area contributed by atoms with Gasteiger partial charge in [0.1, 0.15) is 5.78 Å². The summed E-state index contributed by atoms with van der Waals surface area (Å²) >= 11 is 0. The minimum Gasteiger partial charge on any atom is -0.299 e. The van der Waals surface area contributed by atoms with Crippen molar-refractivity contribution in [3.63, 3.8) is 0 Å². The van der Waals surface area contributed by atoms with E-state index < -0.39 is 0 Å². The molecule has 2 aliphatic rings. The quantitative estimate of drug-likeness (QED) is 0.672. The van der Waals surface area contributed by atoms with Crippen LogP contribution in [0.4, 0.5) is 0 Å². The molecule has 2 unspecified atom stereocenters. The molecule has 2 atom stereocenters. The Morgan fingerprint density at radius 1 is 1.33 bits per heavy atom. The van der Waals surface area contributed by atoms with Gasteiger partial charge in [-0.15, -0.1) is 0 Å². The number of Topliss-reactive ketones (excluding diaryl/α,β-unsaturated/α-hetero) is 1. The van der Waals surface area contributed by atoms with E-state index >= 15 is 0 Å². The second-order valence-corrected chi connectivity index (χ2v) is 4.92. The van der Waals surface area contributed by atoms with Crippen LogP contribution < -0.4 is 0 Å². The maximum absolute atomic E-state index is 11.6. The van der Waals surface area contributed by atoms with E-state index in [0.29, 0.717) is 11.7 Å². The van der Waals surface area contributed by atoms with Crippen LogP contribution in [0, 0.1) is 66.1 Å². The molecule has 2 heteroatoms. The van der Waals surface area contributed by atoms with Crippen molar-refractivity contribution >= 4 is 5.78 Å². The fourth-order valence-electron chi connectivity index (χ4n) is 2.90. The first-order chi connectivity index (χ1) is 4.98. The summed E-state index contributed by atoms with van der Waals surface area (Å²) in [6.45, 7) is 6.67. The van der Waals surface area contributed by atoms with Crippen molar-refractivity contribution < 1.29 is 54.2 Å². The van der Waals surface area contributed by atoms with Crippen LogP contribution in [-0.2, 0) is 4.79 Å². The molecule has 0 aromatic carbocycles. The summed E-state index contributed by atoms with van der Waals surface area (Å²) in [4.78, 5) is 11.6. The van der Waals surface area contributed by atoms with Gasteiger partial charge in [-0.3, -0.25) is 4.79 Å². The van der Waals surface area contributed by atoms with Crippen LogP contribution in [0.5, 0.6) is 0 Å². The Bertz CT molecular complexity index is 222. The zero-order valence-electron chi connectivity index (χ0n) is 7.98. The van der Waals surface area contributed by atoms with Gasteiger partial charge >= 0.3 is 0 Å². The van der Waals surface area contributed by atoms with Crippen LogP contribution in [-0.4, -0.2) is 5.78 Å². The van der Waals surface area contributed by atoms with Gasteiger partial charge in [0.25, 0.3) is 0 Å². The van der Waals surface area contributed by atoms with E-state index in [1.165, 1.54) is 6.42 Å². The van der Waals surface area contributed by atoms with Crippen LogP contribution in [0.3, 0.4) is 0 Å². The molecule has 0 aromatic rings. The Labute approximate surface area is 115 Å². The number of ketones is 1. The van der Waals surface area contributed by atoms with Crippen LogP contribution >= 0.6 is 0 Å². The zero-order valence-corrected chi connectivity index (χ0v) is 10.4. The van der Waals surface area contributed by atoms with Crippen LogP contribution in [0.15, 0.2) is 0 Å². The SMILES string of the molecule is CC12CCC(CC1=O)C2(C)C.[Eu]. The maximum Gasteiger partial charge on any atom is 0.139 e. The first-order valence-corrected chi connectivity index (χ1v) is 4.52. The monoisotopic (exact) mass is 305 g/mol. The average molecular weight is 304 g/mol.